The zero-order valence-electron chi connectivity index (χ0n) is 14.3. The number of fused-ring (bicyclic) bond motifs is 2. The van der Waals surface area contributed by atoms with Crippen molar-refractivity contribution in [1.29, 1.82) is 0 Å². The number of methoxy groups -OCH3 is 1. The first-order chi connectivity index (χ1) is 13.1. The number of esters is 2. The molecule has 0 atom stereocenters. The van der Waals surface area contributed by atoms with Crippen LogP contribution in [0.15, 0.2) is 66.7 Å². The fraction of sp³-hybridized carbons (Fsp3) is 0.0476. The molecule has 0 spiro atoms. The topological polar surface area (TPSA) is 55.8 Å². The minimum absolute atomic E-state index is 0.285. The van der Waals surface area contributed by atoms with Crippen molar-refractivity contribution >= 4 is 29.0 Å². The summed E-state index contributed by atoms with van der Waals surface area (Å²) >= 11 is 0. The van der Waals surface area contributed by atoms with E-state index in [9.17, 15) is 14.0 Å². The van der Waals surface area contributed by atoms with Crippen molar-refractivity contribution in [2.24, 2.45) is 0 Å². The van der Waals surface area contributed by atoms with E-state index >= 15 is 0 Å². The summed E-state index contributed by atoms with van der Waals surface area (Å²) in [5.41, 5.74) is 2.32. The number of carbonyl (C=O) groups is 2. The molecule has 0 bridgehead atoms. The Balaban J connectivity index is 2.00. The molecule has 5 nitrogen and oxygen atoms in total. The Kier molecular flexibility index (Phi) is 4.08. The van der Waals surface area contributed by atoms with E-state index in [-0.39, 0.29) is 11.6 Å². The van der Waals surface area contributed by atoms with Crippen molar-refractivity contribution in [2.75, 3.05) is 12.0 Å². The molecule has 134 valence electrons. The molecule has 0 amide bonds. The van der Waals surface area contributed by atoms with Crippen LogP contribution in [-0.2, 0) is 4.74 Å². The molecule has 1 aliphatic rings. The Morgan fingerprint density at radius 1 is 1.00 bits per heavy atom. The van der Waals surface area contributed by atoms with Gasteiger partial charge in [0.1, 0.15) is 5.82 Å². The molecule has 3 aromatic rings. The highest BCUT2D eigenvalue weighted by atomic mass is 19.1. The van der Waals surface area contributed by atoms with Crippen LogP contribution in [0.4, 0.5) is 21.5 Å². The average Bonchev–Trinajstić information content (AvgIpc) is 2.82. The van der Waals surface area contributed by atoms with Gasteiger partial charge in [-0.25, -0.2) is 14.0 Å². The Labute approximate surface area is 154 Å². The third kappa shape index (κ3) is 2.91. The van der Waals surface area contributed by atoms with Gasteiger partial charge >= 0.3 is 11.9 Å². The van der Waals surface area contributed by atoms with E-state index in [1.807, 2.05) is 0 Å². The quantitative estimate of drug-likeness (QED) is 0.491. The summed E-state index contributed by atoms with van der Waals surface area (Å²) < 4.78 is 23.8. The summed E-state index contributed by atoms with van der Waals surface area (Å²) in [5, 5.41) is 0. The van der Waals surface area contributed by atoms with Gasteiger partial charge in [0, 0.05) is 5.69 Å². The number of benzene rings is 3. The van der Waals surface area contributed by atoms with E-state index in [0.29, 0.717) is 28.2 Å². The van der Waals surface area contributed by atoms with E-state index < -0.39 is 11.9 Å². The van der Waals surface area contributed by atoms with Crippen molar-refractivity contribution in [3.63, 3.8) is 0 Å². The van der Waals surface area contributed by atoms with Crippen LogP contribution in [0, 0.1) is 5.82 Å². The lowest BCUT2D eigenvalue weighted by Crippen LogP contribution is -2.12. The summed E-state index contributed by atoms with van der Waals surface area (Å²) in [6.07, 6.45) is 0. The van der Waals surface area contributed by atoms with E-state index in [4.69, 9.17) is 9.47 Å². The van der Waals surface area contributed by atoms with Crippen LogP contribution in [0.5, 0.6) is 5.75 Å². The first-order valence-corrected chi connectivity index (χ1v) is 8.18. The van der Waals surface area contributed by atoms with Gasteiger partial charge in [-0.2, -0.15) is 0 Å². The van der Waals surface area contributed by atoms with Crippen LogP contribution in [0.3, 0.4) is 0 Å². The van der Waals surface area contributed by atoms with Gasteiger partial charge in [0.25, 0.3) is 0 Å². The third-order valence-electron chi connectivity index (χ3n) is 4.27. The highest BCUT2D eigenvalue weighted by molar-refractivity contribution is 6.03. The lowest BCUT2D eigenvalue weighted by molar-refractivity contribution is 0.0600. The van der Waals surface area contributed by atoms with Crippen molar-refractivity contribution in [3.8, 4) is 5.75 Å². The zero-order chi connectivity index (χ0) is 19.0. The first-order valence-electron chi connectivity index (χ1n) is 8.18. The lowest BCUT2D eigenvalue weighted by Gasteiger charge is -2.25. The highest BCUT2D eigenvalue weighted by Crippen LogP contribution is 2.44. The van der Waals surface area contributed by atoms with Crippen molar-refractivity contribution in [1.82, 2.24) is 0 Å². The second-order valence-electron chi connectivity index (χ2n) is 5.89. The second-order valence-corrected chi connectivity index (χ2v) is 5.89. The Morgan fingerprint density at radius 2 is 1.74 bits per heavy atom. The molecule has 0 aliphatic carbocycles. The second kappa shape index (κ2) is 6.57. The van der Waals surface area contributed by atoms with Gasteiger partial charge in [-0.05, 0) is 54.6 Å². The molecule has 27 heavy (non-hydrogen) atoms. The molecule has 0 aromatic heterocycles. The predicted molar refractivity (Wildman–Crippen MR) is 97.4 cm³/mol. The van der Waals surface area contributed by atoms with Crippen molar-refractivity contribution < 1.29 is 23.5 Å². The molecular weight excluding hydrogens is 349 g/mol. The number of para-hydroxylation sites is 1. The summed E-state index contributed by atoms with van der Waals surface area (Å²) in [5.74, 6) is -1.12. The average molecular weight is 363 g/mol. The van der Waals surface area contributed by atoms with Crippen LogP contribution in [0.25, 0.3) is 0 Å². The number of hydrogen-bond acceptors (Lipinski definition) is 5. The van der Waals surface area contributed by atoms with E-state index in [1.165, 1.54) is 25.3 Å². The number of nitrogens with zero attached hydrogens (tertiary/aromatic N) is 1. The fourth-order valence-corrected chi connectivity index (χ4v) is 3.02. The van der Waals surface area contributed by atoms with Crippen molar-refractivity contribution in [3.05, 3.63) is 83.7 Å². The maximum Gasteiger partial charge on any atom is 0.345 e. The van der Waals surface area contributed by atoms with Crippen LogP contribution in [-0.4, -0.2) is 19.0 Å². The summed E-state index contributed by atoms with van der Waals surface area (Å²) in [6.45, 7) is 0. The molecule has 0 unspecified atom stereocenters. The normalized spacial score (nSPS) is 12.5. The number of hydrogen-bond donors (Lipinski definition) is 0. The monoisotopic (exact) mass is 363 g/mol. The SMILES string of the molecule is COC(=O)c1ccc2c(c1)N(c1ccc(F)cc1)c1ccccc1C(=O)O2. The van der Waals surface area contributed by atoms with E-state index in [2.05, 4.69) is 0 Å². The molecule has 0 radical (unpaired) electrons. The van der Waals surface area contributed by atoms with Gasteiger partial charge in [-0.15, -0.1) is 0 Å². The minimum atomic E-state index is -0.513. The smallest absolute Gasteiger partial charge is 0.345 e. The molecule has 4 rings (SSSR count). The number of rotatable bonds is 2. The molecular formula is C21H14FNO4. The molecule has 1 aliphatic heterocycles. The van der Waals surface area contributed by atoms with Gasteiger partial charge in [0.05, 0.1) is 29.6 Å². The fourth-order valence-electron chi connectivity index (χ4n) is 3.02. The number of carbonyl (C=O) groups excluding carboxylic acids is 2. The Hall–Kier alpha value is -3.67. The standard InChI is InChI=1S/C21H14FNO4/c1-26-20(24)13-6-11-19-18(12-13)23(15-9-7-14(22)8-10-15)17-5-3-2-4-16(17)21(25)27-19/h2-12H,1H3. The van der Waals surface area contributed by atoms with Gasteiger partial charge in [0.15, 0.2) is 5.75 Å². The van der Waals surface area contributed by atoms with E-state index in [1.54, 1.807) is 53.4 Å². The molecule has 0 N–H and O–H groups in total. The molecule has 0 saturated heterocycles. The first kappa shape index (κ1) is 16.8. The molecule has 0 fully saturated rings. The lowest BCUT2D eigenvalue weighted by atomic mass is 10.1. The molecule has 1 heterocycles. The van der Waals surface area contributed by atoms with Crippen LogP contribution < -0.4 is 9.64 Å². The van der Waals surface area contributed by atoms with Crippen molar-refractivity contribution in [2.45, 2.75) is 0 Å². The Morgan fingerprint density at radius 3 is 2.48 bits per heavy atom. The number of halogens is 1. The zero-order valence-corrected chi connectivity index (χ0v) is 14.3. The maximum absolute atomic E-state index is 13.4. The van der Waals surface area contributed by atoms with Gasteiger partial charge in [-0.1, -0.05) is 12.1 Å². The maximum atomic E-state index is 13.4. The summed E-state index contributed by atoms with van der Waals surface area (Å²) in [7, 11) is 1.29. The summed E-state index contributed by atoms with van der Waals surface area (Å²) in [4.78, 5) is 26.3. The van der Waals surface area contributed by atoms with Gasteiger partial charge < -0.3 is 14.4 Å². The Bertz CT molecular complexity index is 1050. The predicted octanol–water partition coefficient (Wildman–Crippen LogP) is 4.61. The van der Waals surface area contributed by atoms with Crippen LogP contribution in [0.1, 0.15) is 20.7 Å². The largest absolute Gasteiger partial charge is 0.465 e. The number of ether oxygens (including phenoxy) is 2. The molecule has 6 heteroatoms. The van der Waals surface area contributed by atoms with Gasteiger partial charge in [0.2, 0.25) is 0 Å². The summed E-state index contributed by atoms with van der Waals surface area (Å²) in [6, 6.07) is 17.4. The number of anilines is 3. The molecule has 0 saturated carbocycles. The molecule has 3 aromatic carbocycles. The highest BCUT2D eigenvalue weighted by Gasteiger charge is 2.28. The van der Waals surface area contributed by atoms with E-state index in [0.717, 1.165) is 0 Å². The third-order valence-corrected chi connectivity index (χ3v) is 4.27. The van der Waals surface area contributed by atoms with Crippen LogP contribution in [0.2, 0.25) is 0 Å². The van der Waals surface area contributed by atoms with Gasteiger partial charge in [-0.3, -0.25) is 0 Å². The minimum Gasteiger partial charge on any atom is -0.465 e. The van der Waals surface area contributed by atoms with Crippen LogP contribution >= 0.6 is 0 Å².